The van der Waals surface area contributed by atoms with Gasteiger partial charge >= 0.3 is 5.97 Å². The van der Waals surface area contributed by atoms with Crippen LogP contribution in [0.4, 0.5) is 11.4 Å². The van der Waals surface area contributed by atoms with Gasteiger partial charge in [0.1, 0.15) is 19.8 Å². The zero-order valence-electron chi connectivity index (χ0n) is 11.4. The molecule has 114 valence electrons. The minimum Gasteiger partial charge on any atom is -0.480 e. The summed E-state index contributed by atoms with van der Waals surface area (Å²) in [6.45, 7) is -0.921. The fourth-order valence-electron chi connectivity index (χ4n) is 1.39. The standard InChI is InChI=1S/C13H16N2O6/c1-20-6-11(16)14-9-2-4-10(5-3-9)15-12(17)7-21-8-13(18)19/h2-5H,6-8H2,1H3,(H,14,16)(H,15,17)(H,18,19). The highest BCUT2D eigenvalue weighted by Crippen LogP contribution is 2.13. The molecule has 0 aliphatic heterocycles. The van der Waals surface area contributed by atoms with Crippen molar-refractivity contribution in [1.29, 1.82) is 0 Å². The van der Waals surface area contributed by atoms with Crippen molar-refractivity contribution in [2.45, 2.75) is 0 Å². The van der Waals surface area contributed by atoms with Crippen molar-refractivity contribution in [2.75, 3.05) is 37.6 Å². The summed E-state index contributed by atoms with van der Waals surface area (Å²) in [5.41, 5.74) is 1.07. The minimum absolute atomic E-state index is 0.0423. The van der Waals surface area contributed by atoms with E-state index in [9.17, 15) is 14.4 Å². The summed E-state index contributed by atoms with van der Waals surface area (Å²) in [7, 11) is 1.42. The van der Waals surface area contributed by atoms with E-state index in [1.54, 1.807) is 24.3 Å². The van der Waals surface area contributed by atoms with Gasteiger partial charge in [0.2, 0.25) is 11.8 Å². The molecule has 21 heavy (non-hydrogen) atoms. The van der Waals surface area contributed by atoms with Gasteiger partial charge in [-0.2, -0.15) is 0 Å². The molecule has 8 heteroatoms. The van der Waals surface area contributed by atoms with Crippen molar-refractivity contribution >= 4 is 29.2 Å². The first-order valence-corrected chi connectivity index (χ1v) is 5.99. The van der Waals surface area contributed by atoms with E-state index >= 15 is 0 Å². The van der Waals surface area contributed by atoms with Crippen molar-refractivity contribution in [1.82, 2.24) is 0 Å². The summed E-state index contributed by atoms with van der Waals surface area (Å²) >= 11 is 0. The molecule has 1 rings (SSSR count). The second-order valence-electron chi connectivity index (χ2n) is 3.99. The quantitative estimate of drug-likeness (QED) is 0.636. The Morgan fingerprint density at radius 1 is 0.952 bits per heavy atom. The van der Waals surface area contributed by atoms with Crippen LogP contribution in [0.25, 0.3) is 0 Å². The van der Waals surface area contributed by atoms with Crippen LogP contribution in [0.1, 0.15) is 0 Å². The fraction of sp³-hybridized carbons (Fsp3) is 0.308. The van der Waals surface area contributed by atoms with Crippen molar-refractivity contribution in [2.24, 2.45) is 0 Å². The van der Waals surface area contributed by atoms with Gasteiger partial charge in [-0.1, -0.05) is 0 Å². The lowest BCUT2D eigenvalue weighted by atomic mass is 10.2. The molecule has 0 spiro atoms. The van der Waals surface area contributed by atoms with Gasteiger partial charge in [-0.25, -0.2) is 4.79 Å². The van der Waals surface area contributed by atoms with Crippen molar-refractivity contribution < 1.29 is 29.0 Å². The highest BCUT2D eigenvalue weighted by atomic mass is 16.5. The Kier molecular flexibility index (Phi) is 6.85. The third-order valence-corrected chi connectivity index (χ3v) is 2.19. The van der Waals surface area contributed by atoms with Gasteiger partial charge in [-0.05, 0) is 24.3 Å². The topological polar surface area (TPSA) is 114 Å². The summed E-state index contributed by atoms with van der Waals surface area (Å²) in [6.07, 6.45) is 0. The number of methoxy groups -OCH3 is 1. The number of nitrogens with one attached hydrogen (secondary N) is 2. The molecule has 0 radical (unpaired) electrons. The van der Waals surface area contributed by atoms with Crippen LogP contribution < -0.4 is 10.6 Å². The van der Waals surface area contributed by atoms with Crippen LogP contribution in [0.15, 0.2) is 24.3 Å². The highest BCUT2D eigenvalue weighted by molar-refractivity contribution is 5.93. The van der Waals surface area contributed by atoms with Crippen LogP contribution in [0, 0.1) is 0 Å². The first-order valence-electron chi connectivity index (χ1n) is 5.99. The highest BCUT2D eigenvalue weighted by Gasteiger charge is 2.05. The predicted octanol–water partition coefficient (Wildman–Crippen LogP) is 0.311. The molecule has 0 aromatic heterocycles. The van der Waals surface area contributed by atoms with E-state index in [2.05, 4.69) is 20.1 Å². The number of amides is 2. The number of hydrogen-bond donors (Lipinski definition) is 3. The van der Waals surface area contributed by atoms with Crippen LogP contribution in [0.2, 0.25) is 0 Å². The molecule has 8 nitrogen and oxygen atoms in total. The van der Waals surface area contributed by atoms with Gasteiger partial charge in [-0.15, -0.1) is 0 Å². The average molecular weight is 296 g/mol. The van der Waals surface area contributed by atoms with Crippen LogP contribution >= 0.6 is 0 Å². The Labute approximate surface area is 121 Å². The van der Waals surface area contributed by atoms with E-state index in [1.807, 2.05) is 0 Å². The number of aliphatic carboxylic acids is 1. The summed E-state index contributed by atoms with van der Waals surface area (Å²) in [5.74, 6) is -1.89. The number of hydrogen-bond acceptors (Lipinski definition) is 5. The van der Waals surface area contributed by atoms with E-state index in [1.165, 1.54) is 7.11 Å². The smallest absolute Gasteiger partial charge is 0.329 e. The summed E-state index contributed by atoms with van der Waals surface area (Å²) < 4.78 is 9.33. The Hall–Kier alpha value is -2.45. The molecule has 3 N–H and O–H groups in total. The lowest BCUT2D eigenvalue weighted by Crippen LogP contribution is -2.20. The van der Waals surface area contributed by atoms with Gasteiger partial charge in [0, 0.05) is 18.5 Å². The molecule has 0 bridgehead atoms. The number of carbonyl (C=O) groups is 3. The Morgan fingerprint density at radius 3 is 1.86 bits per heavy atom. The number of carboxylic acids is 1. The molecule has 0 heterocycles. The number of rotatable bonds is 8. The van der Waals surface area contributed by atoms with E-state index in [0.717, 1.165) is 0 Å². The lowest BCUT2D eigenvalue weighted by molar-refractivity contribution is -0.143. The Balaban J connectivity index is 2.41. The van der Waals surface area contributed by atoms with Crippen molar-refractivity contribution in [3.63, 3.8) is 0 Å². The molecule has 1 aromatic rings. The van der Waals surface area contributed by atoms with Gasteiger partial charge < -0.3 is 25.2 Å². The Bertz CT molecular complexity index is 500. The summed E-state index contributed by atoms with van der Waals surface area (Å²) in [5, 5.41) is 13.5. The normalized spacial score (nSPS) is 9.95. The largest absolute Gasteiger partial charge is 0.480 e. The van der Waals surface area contributed by atoms with Gasteiger partial charge in [-0.3, -0.25) is 9.59 Å². The summed E-state index contributed by atoms with van der Waals surface area (Å²) in [4.78, 5) is 32.9. The fourth-order valence-corrected chi connectivity index (χ4v) is 1.39. The maximum Gasteiger partial charge on any atom is 0.329 e. The van der Waals surface area contributed by atoms with Crippen molar-refractivity contribution in [3.8, 4) is 0 Å². The first-order chi connectivity index (χ1) is 10.0. The predicted molar refractivity (Wildman–Crippen MR) is 74.0 cm³/mol. The molecule has 0 saturated carbocycles. The molecule has 0 fully saturated rings. The van der Waals surface area contributed by atoms with Crippen LogP contribution in [-0.4, -0.2) is 49.8 Å². The lowest BCUT2D eigenvalue weighted by Gasteiger charge is -2.07. The van der Waals surface area contributed by atoms with Gasteiger partial charge in [0.05, 0.1) is 0 Å². The molecule has 0 saturated heterocycles. The van der Waals surface area contributed by atoms with E-state index < -0.39 is 18.5 Å². The number of carboxylic acid groups (broad SMARTS) is 1. The molecular formula is C13H16N2O6. The number of anilines is 2. The molecule has 0 atom stereocenters. The van der Waals surface area contributed by atoms with Gasteiger partial charge in [0.25, 0.3) is 0 Å². The van der Waals surface area contributed by atoms with Crippen LogP contribution in [-0.2, 0) is 23.9 Å². The third-order valence-electron chi connectivity index (χ3n) is 2.19. The van der Waals surface area contributed by atoms with Crippen LogP contribution in [0.5, 0.6) is 0 Å². The molecule has 1 aromatic carbocycles. The third kappa shape index (κ3) is 7.04. The second kappa shape index (κ2) is 8.67. The SMILES string of the molecule is COCC(=O)Nc1ccc(NC(=O)COCC(=O)O)cc1. The number of ether oxygens (including phenoxy) is 2. The summed E-state index contributed by atoms with van der Waals surface area (Å²) in [6, 6.07) is 6.41. The number of benzene rings is 1. The second-order valence-corrected chi connectivity index (χ2v) is 3.99. The molecule has 0 aliphatic rings. The van der Waals surface area contributed by atoms with E-state index in [4.69, 9.17) is 5.11 Å². The zero-order valence-corrected chi connectivity index (χ0v) is 11.4. The van der Waals surface area contributed by atoms with Crippen LogP contribution in [0.3, 0.4) is 0 Å². The Morgan fingerprint density at radius 2 is 1.43 bits per heavy atom. The average Bonchev–Trinajstić information content (AvgIpc) is 2.41. The van der Waals surface area contributed by atoms with E-state index in [-0.39, 0.29) is 19.1 Å². The van der Waals surface area contributed by atoms with E-state index in [0.29, 0.717) is 11.4 Å². The van der Waals surface area contributed by atoms with Crippen molar-refractivity contribution in [3.05, 3.63) is 24.3 Å². The maximum absolute atomic E-state index is 11.4. The molecule has 2 amide bonds. The molecule has 0 unspecified atom stereocenters. The maximum atomic E-state index is 11.4. The van der Waals surface area contributed by atoms with Gasteiger partial charge in [0.15, 0.2) is 0 Å². The minimum atomic E-state index is -1.14. The first kappa shape index (κ1) is 16.6. The zero-order chi connectivity index (χ0) is 15.7. The molecular weight excluding hydrogens is 280 g/mol. The monoisotopic (exact) mass is 296 g/mol. The number of carbonyl (C=O) groups excluding carboxylic acids is 2. The molecule has 0 aliphatic carbocycles.